The van der Waals surface area contributed by atoms with Gasteiger partial charge in [-0.15, -0.1) is 0 Å². The van der Waals surface area contributed by atoms with Gasteiger partial charge in [0.25, 0.3) is 0 Å². The highest BCUT2D eigenvalue weighted by atomic mass is 16.5. The van der Waals surface area contributed by atoms with Crippen LogP contribution in [0, 0.1) is 11.8 Å². The summed E-state index contributed by atoms with van der Waals surface area (Å²) in [6, 6.07) is 0. The van der Waals surface area contributed by atoms with Gasteiger partial charge in [0, 0.05) is 12.8 Å². The van der Waals surface area contributed by atoms with Crippen LogP contribution < -0.4 is 0 Å². The van der Waals surface area contributed by atoms with Crippen molar-refractivity contribution in [3.63, 3.8) is 0 Å². The van der Waals surface area contributed by atoms with Gasteiger partial charge in [-0.1, -0.05) is 13.8 Å². The summed E-state index contributed by atoms with van der Waals surface area (Å²) in [6.07, 6.45) is 1.09. The van der Waals surface area contributed by atoms with Gasteiger partial charge < -0.3 is 9.84 Å². The number of nitrogens with zero attached hydrogens (tertiary/aromatic N) is 1. The predicted octanol–water partition coefficient (Wildman–Crippen LogP) is 1.90. The molecule has 0 saturated carbocycles. The monoisotopic (exact) mass is 237 g/mol. The van der Waals surface area contributed by atoms with Gasteiger partial charge in [0.05, 0.1) is 31.0 Å². The predicted molar refractivity (Wildman–Crippen MR) is 65.3 cm³/mol. The second kappa shape index (κ2) is 5.00. The summed E-state index contributed by atoms with van der Waals surface area (Å²) in [6.45, 7) is 5.68. The Bertz CT molecular complexity index is 382. The van der Waals surface area contributed by atoms with E-state index < -0.39 is 0 Å². The molecule has 4 heteroatoms. The summed E-state index contributed by atoms with van der Waals surface area (Å²) in [5.41, 5.74) is 1.04. The third kappa shape index (κ3) is 2.57. The molecule has 0 fully saturated rings. The van der Waals surface area contributed by atoms with E-state index in [0.717, 1.165) is 0 Å². The molecule has 4 nitrogen and oxygen atoms in total. The molecule has 94 valence electrons. The second-order valence-electron chi connectivity index (χ2n) is 5.04. The topological polar surface area (TPSA) is 58.9 Å². The Morgan fingerprint density at radius 2 is 2.18 bits per heavy atom. The third-order valence-electron chi connectivity index (χ3n) is 3.48. The zero-order valence-electron chi connectivity index (χ0n) is 10.4. The molecule has 17 heavy (non-hydrogen) atoms. The van der Waals surface area contributed by atoms with Crippen LogP contribution in [0.3, 0.4) is 0 Å². The maximum absolute atomic E-state index is 12.1. The van der Waals surface area contributed by atoms with Gasteiger partial charge in [0.1, 0.15) is 5.76 Å². The lowest BCUT2D eigenvalue weighted by Gasteiger charge is -2.27. The van der Waals surface area contributed by atoms with Crippen molar-refractivity contribution in [1.29, 1.82) is 0 Å². The quantitative estimate of drug-likeness (QED) is 0.798. The number of hydrogen-bond donors (Lipinski definition) is 1. The van der Waals surface area contributed by atoms with Gasteiger partial charge in [0.2, 0.25) is 0 Å². The molecule has 1 atom stereocenters. The van der Waals surface area contributed by atoms with E-state index in [-0.39, 0.29) is 17.5 Å². The number of aliphatic hydroxyl groups is 1. The average Bonchev–Trinajstić information content (AvgIpc) is 2.29. The highest BCUT2D eigenvalue weighted by molar-refractivity contribution is 6.23. The SMILES string of the molecule is CC(C)C1CC(=O)C(C2=NCCOC2)=C(O)C1. The van der Waals surface area contributed by atoms with Crippen molar-refractivity contribution in [1.82, 2.24) is 0 Å². The van der Waals surface area contributed by atoms with E-state index in [1.807, 2.05) is 0 Å². The first-order valence-corrected chi connectivity index (χ1v) is 6.16. The third-order valence-corrected chi connectivity index (χ3v) is 3.48. The molecule has 0 radical (unpaired) electrons. The molecule has 1 aliphatic carbocycles. The minimum atomic E-state index is 0.0108. The van der Waals surface area contributed by atoms with Crippen LogP contribution >= 0.6 is 0 Å². The maximum Gasteiger partial charge on any atom is 0.168 e. The number of hydrogen-bond acceptors (Lipinski definition) is 4. The number of aliphatic imine (C=N–C) groups is 1. The summed E-state index contributed by atoms with van der Waals surface area (Å²) >= 11 is 0. The first-order chi connectivity index (χ1) is 8.09. The average molecular weight is 237 g/mol. The molecule has 1 heterocycles. The van der Waals surface area contributed by atoms with Gasteiger partial charge in [-0.2, -0.15) is 0 Å². The fourth-order valence-electron chi connectivity index (χ4n) is 2.33. The van der Waals surface area contributed by atoms with Crippen molar-refractivity contribution in [2.24, 2.45) is 16.8 Å². The number of allylic oxidation sites excluding steroid dienone is 1. The normalized spacial score (nSPS) is 26.4. The van der Waals surface area contributed by atoms with E-state index in [1.165, 1.54) is 0 Å². The molecular weight excluding hydrogens is 218 g/mol. The van der Waals surface area contributed by atoms with Crippen molar-refractivity contribution >= 4 is 11.5 Å². The highest BCUT2D eigenvalue weighted by Crippen LogP contribution is 2.31. The lowest BCUT2D eigenvalue weighted by atomic mass is 9.79. The number of carbonyl (C=O) groups excluding carboxylic acids is 1. The second-order valence-corrected chi connectivity index (χ2v) is 5.04. The van der Waals surface area contributed by atoms with E-state index in [1.54, 1.807) is 0 Å². The summed E-state index contributed by atoms with van der Waals surface area (Å²) in [4.78, 5) is 16.3. The minimum Gasteiger partial charge on any atom is -0.511 e. The van der Waals surface area contributed by atoms with Crippen molar-refractivity contribution in [2.75, 3.05) is 19.8 Å². The fourth-order valence-corrected chi connectivity index (χ4v) is 2.33. The van der Waals surface area contributed by atoms with Crippen LogP contribution in [0.5, 0.6) is 0 Å². The molecular formula is C13H19NO3. The number of ketones is 1. The number of carbonyl (C=O) groups is 1. The van der Waals surface area contributed by atoms with Crippen molar-refractivity contribution in [3.8, 4) is 0 Å². The van der Waals surface area contributed by atoms with Crippen LogP contribution in [0.25, 0.3) is 0 Å². The maximum atomic E-state index is 12.1. The van der Waals surface area contributed by atoms with Gasteiger partial charge in [-0.05, 0) is 11.8 Å². The van der Waals surface area contributed by atoms with Gasteiger partial charge in [-0.3, -0.25) is 9.79 Å². The van der Waals surface area contributed by atoms with Crippen LogP contribution in [0.15, 0.2) is 16.3 Å². The Labute approximate surface area is 101 Å². The molecule has 0 bridgehead atoms. The zero-order chi connectivity index (χ0) is 12.4. The first kappa shape index (κ1) is 12.3. The molecule has 1 aliphatic heterocycles. The summed E-state index contributed by atoms with van der Waals surface area (Å²) in [5, 5.41) is 10.0. The van der Waals surface area contributed by atoms with Gasteiger partial charge in [0.15, 0.2) is 5.78 Å². The van der Waals surface area contributed by atoms with Crippen molar-refractivity contribution in [3.05, 3.63) is 11.3 Å². The molecule has 0 aromatic heterocycles. The van der Waals surface area contributed by atoms with E-state index in [2.05, 4.69) is 18.8 Å². The Balaban J connectivity index is 2.24. The number of aliphatic hydroxyl groups excluding tert-OH is 1. The molecule has 2 rings (SSSR count). The molecule has 2 aliphatic rings. The van der Waals surface area contributed by atoms with E-state index in [0.29, 0.717) is 49.8 Å². The number of Topliss-reactive ketones (excluding diaryl/α,β-unsaturated/α-hetero) is 1. The molecule has 0 spiro atoms. The molecule has 0 saturated heterocycles. The van der Waals surface area contributed by atoms with Gasteiger partial charge >= 0.3 is 0 Å². The Morgan fingerprint density at radius 3 is 2.71 bits per heavy atom. The fraction of sp³-hybridized carbons (Fsp3) is 0.692. The first-order valence-electron chi connectivity index (χ1n) is 6.16. The largest absolute Gasteiger partial charge is 0.511 e. The molecule has 0 amide bonds. The zero-order valence-corrected chi connectivity index (χ0v) is 10.4. The molecule has 1 N–H and O–H groups in total. The Morgan fingerprint density at radius 1 is 1.41 bits per heavy atom. The van der Waals surface area contributed by atoms with Crippen molar-refractivity contribution in [2.45, 2.75) is 26.7 Å². The van der Waals surface area contributed by atoms with Crippen LogP contribution in [-0.4, -0.2) is 36.4 Å². The van der Waals surface area contributed by atoms with Crippen molar-refractivity contribution < 1.29 is 14.6 Å². The molecule has 0 aromatic rings. The van der Waals surface area contributed by atoms with E-state index >= 15 is 0 Å². The molecule has 0 aromatic carbocycles. The lowest BCUT2D eigenvalue weighted by Crippen LogP contribution is -2.30. The lowest BCUT2D eigenvalue weighted by molar-refractivity contribution is -0.117. The van der Waals surface area contributed by atoms with Gasteiger partial charge in [-0.25, -0.2) is 0 Å². The number of ether oxygens (including phenoxy) is 1. The van der Waals surface area contributed by atoms with E-state index in [9.17, 15) is 9.90 Å². The van der Waals surface area contributed by atoms with Crippen LogP contribution in [0.1, 0.15) is 26.7 Å². The van der Waals surface area contributed by atoms with E-state index in [4.69, 9.17) is 4.74 Å². The van der Waals surface area contributed by atoms with Crippen LogP contribution in [0.4, 0.5) is 0 Å². The minimum absolute atomic E-state index is 0.0108. The summed E-state index contributed by atoms with van der Waals surface area (Å²) in [7, 11) is 0. The van der Waals surface area contributed by atoms with Crippen LogP contribution in [0.2, 0.25) is 0 Å². The highest BCUT2D eigenvalue weighted by Gasteiger charge is 2.32. The summed E-state index contributed by atoms with van der Waals surface area (Å²) < 4.78 is 5.28. The number of rotatable bonds is 2. The standard InChI is InChI=1S/C13H19NO3/c1-8(2)9-5-11(15)13(12(16)6-9)10-7-17-4-3-14-10/h8-9,15H,3-7H2,1-2H3. The van der Waals surface area contributed by atoms with Crippen LogP contribution in [-0.2, 0) is 9.53 Å². The molecule has 1 unspecified atom stereocenters. The summed E-state index contributed by atoms with van der Waals surface area (Å²) in [5.74, 6) is 0.865. The Hall–Kier alpha value is -1.16. The Kier molecular flexibility index (Phi) is 3.62. The smallest absolute Gasteiger partial charge is 0.168 e.